The number of rotatable bonds is 3. The van der Waals surface area contributed by atoms with E-state index >= 15 is 0 Å². The van der Waals surface area contributed by atoms with Gasteiger partial charge in [0.05, 0.1) is 12.2 Å². The van der Waals surface area contributed by atoms with Crippen LogP contribution in [0, 0.1) is 0 Å². The Balaban J connectivity index is 2.42. The molecule has 15 heavy (non-hydrogen) atoms. The molecule has 0 radical (unpaired) electrons. The Morgan fingerprint density at radius 2 is 2.27 bits per heavy atom. The monoisotopic (exact) mass is 244 g/mol. The molecule has 0 atom stereocenters. The zero-order valence-corrected chi connectivity index (χ0v) is 9.57. The maximum Gasteiger partial charge on any atom is 0.167 e. The maximum atomic E-state index is 11.7. The smallest absolute Gasteiger partial charge is 0.167 e. The summed E-state index contributed by atoms with van der Waals surface area (Å²) in [7, 11) is 0. The van der Waals surface area contributed by atoms with Crippen molar-refractivity contribution in [1.29, 1.82) is 0 Å². The second kappa shape index (κ2) is 4.42. The third-order valence-corrected chi connectivity index (χ3v) is 2.78. The van der Waals surface area contributed by atoms with E-state index in [-0.39, 0.29) is 5.78 Å². The second-order valence-electron chi connectivity index (χ2n) is 3.40. The van der Waals surface area contributed by atoms with Crippen LogP contribution < -0.4 is 4.74 Å². The molecule has 1 aliphatic rings. The SMILES string of the molecule is O=C(CCCl)c1cc(Cl)cc2c1OCC2. The normalized spacial score (nSPS) is 13.5. The van der Waals surface area contributed by atoms with E-state index in [1.165, 1.54) is 0 Å². The van der Waals surface area contributed by atoms with Gasteiger partial charge in [-0.1, -0.05) is 11.6 Å². The molecular formula is C11H10Cl2O2. The fraction of sp³-hybridized carbons (Fsp3) is 0.364. The topological polar surface area (TPSA) is 26.3 Å². The lowest BCUT2D eigenvalue weighted by atomic mass is 10.0. The van der Waals surface area contributed by atoms with E-state index in [1.807, 2.05) is 6.07 Å². The van der Waals surface area contributed by atoms with Gasteiger partial charge in [0, 0.05) is 23.7 Å². The van der Waals surface area contributed by atoms with Crippen LogP contribution >= 0.6 is 23.2 Å². The van der Waals surface area contributed by atoms with Crippen molar-refractivity contribution in [2.24, 2.45) is 0 Å². The molecule has 0 spiro atoms. The minimum atomic E-state index is -0.00866. The number of fused-ring (bicyclic) bond motifs is 1. The summed E-state index contributed by atoms with van der Waals surface area (Å²) in [5.74, 6) is 1.00. The molecule has 80 valence electrons. The Labute approximate surface area is 98.1 Å². The van der Waals surface area contributed by atoms with E-state index in [1.54, 1.807) is 6.07 Å². The van der Waals surface area contributed by atoms with Crippen LogP contribution in [0.5, 0.6) is 5.75 Å². The van der Waals surface area contributed by atoms with Crippen LogP contribution in [0.1, 0.15) is 22.3 Å². The van der Waals surface area contributed by atoms with Crippen molar-refractivity contribution in [2.75, 3.05) is 12.5 Å². The number of Topliss-reactive ketones (excluding diaryl/α,β-unsaturated/α-hetero) is 1. The average molecular weight is 245 g/mol. The van der Waals surface area contributed by atoms with E-state index < -0.39 is 0 Å². The van der Waals surface area contributed by atoms with Gasteiger partial charge in [-0.15, -0.1) is 11.6 Å². The van der Waals surface area contributed by atoms with Gasteiger partial charge < -0.3 is 4.74 Å². The van der Waals surface area contributed by atoms with Crippen molar-refractivity contribution >= 4 is 29.0 Å². The molecule has 0 aliphatic carbocycles. The van der Waals surface area contributed by atoms with E-state index in [2.05, 4.69) is 0 Å². The van der Waals surface area contributed by atoms with E-state index in [0.717, 1.165) is 12.0 Å². The summed E-state index contributed by atoms with van der Waals surface area (Å²) in [5.41, 5.74) is 1.58. The minimum absolute atomic E-state index is 0.00866. The number of benzene rings is 1. The maximum absolute atomic E-state index is 11.7. The number of alkyl halides is 1. The van der Waals surface area contributed by atoms with Crippen LogP contribution in [0.3, 0.4) is 0 Å². The first-order valence-electron chi connectivity index (χ1n) is 4.76. The Morgan fingerprint density at radius 3 is 3.00 bits per heavy atom. The molecule has 0 saturated carbocycles. The molecule has 0 aromatic heterocycles. The fourth-order valence-corrected chi connectivity index (χ4v) is 2.11. The molecule has 4 heteroatoms. The number of ether oxygens (including phenoxy) is 1. The van der Waals surface area contributed by atoms with Gasteiger partial charge in [0.2, 0.25) is 0 Å². The lowest BCUT2D eigenvalue weighted by Gasteiger charge is -2.06. The van der Waals surface area contributed by atoms with Gasteiger partial charge in [-0.3, -0.25) is 4.79 Å². The van der Waals surface area contributed by atoms with Crippen LogP contribution in [0.15, 0.2) is 12.1 Å². The van der Waals surface area contributed by atoms with Crippen LogP contribution in [-0.2, 0) is 6.42 Å². The largest absolute Gasteiger partial charge is 0.492 e. The molecular weight excluding hydrogens is 235 g/mol. The average Bonchev–Trinajstić information content (AvgIpc) is 2.64. The summed E-state index contributed by atoms with van der Waals surface area (Å²) in [6, 6.07) is 3.50. The van der Waals surface area contributed by atoms with Crippen molar-refractivity contribution in [2.45, 2.75) is 12.8 Å². The van der Waals surface area contributed by atoms with Crippen LogP contribution in [0.25, 0.3) is 0 Å². The first kappa shape index (κ1) is 10.8. The van der Waals surface area contributed by atoms with E-state index in [0.29, 0.717) is 35.2 Å². The van der Waals surface area contributed by atoms with Crippen molar-refractivity contribution in [3.8, 4) is 5.75 Å². The Hall–Kier alpha value is -0.730. The summed E-state index contributed by atoms with van der Waals surface area (Å²) >= 11 is 11.5. The molecule has 1 aliphatic heterocycles. The molecule has 2 nitrogen and oxygen atoms in total. The summed E-state index contributed by atoms with van der Waals surface area (Å²) in [6.07, 6.45) is 1.13. The molecule has 0 unspecified atom stereocenters. The predicted octanol–water partition coefficient (Wildman–Crippen LogP) is 3.09. The standard InChI is InChI=1S/C11H10Cl2O2/c12-3-1-10(14)9-6-8(13)5-7-2-4-15-11(7)9/h5-6H,1-4H2. The molecule has 0 bridgehead atoms. The van der Waals surface area contributed by atoms with Crippen molar-refractivity contribution in [3.05, 3.63) is 28.3 Å². The van der Waals surface area contributed by atoms with Gasteiger partial charge in [0.25, 0.3) is 0 Å². The van der Waals surface area contributed by atoms with Crippen molar-refractivity contribution < 1.29 is 9.53 Å². The predicted molar refractivity (Wildman–Crippen MR) is 60.3 cm³/mol. The number of hydrogen-bond donors (Lipinski definition) is 0. The lowest BCUT2D eigenvalue weighted by Crippen LogP contribution is -2.02. The number of ketones is 1. The van der Waals surface area contributed by atoms with Gasteiger partial charge in [-0.05, 0) is 17.7 Å². The van der Waals surface area contributed by atoms with Crippen LogP contribution in [0.2, 0.25) is 5.02 Å². The lowest BCUT2D eigenvalue weighted by molar-refractivity contribution is 0.0986. The molecule has 0 N–H and O–H groups in total. The van der Waals surface area contributed by atoms with Crippen molar-refractivity contribution in [1.82, 2.24) is 0 Å². The first-order valence-corrected chi connectivity index (χ1v) is 5.68. The Kier molecular flexibility index (Phi) is 3.17. The summed E-state index contributed by atoms with van der Waals surface area (Å²) in [6.45, 7) is 0.622. The first-order chi connectivity index (χ1) is 7.22. The third kappa shape index (κ3) is 2.11. The molecule has 1 aromatic rings. The highest BCUT2D eigenvalue weighted by Crippen LogP contribution is 2.33. The Bertz CT molecular complexity index is 402. The van der Waals surface area contributed by atoms with Crippen LogP contribution in [-0.4, -0.2) is 18.3 Å². The number of carbonyl (C=O) groups excluding carboxylic acids is 1. The van der Waals surface area contributed by atoms with Gasteiger partial charge in [-0.2, -0.15) is 0 Å². The number of carbonyl (C=O) groups is 1. The highest BCUT2D eigenvalue weighted by atomic mass is 35.5. The third-order valence-electron chi connectivity index (χ3n) is 2.37. The molecule has 1 aromatic carbocycles. The number of halogens is 2. The molecule has 0 saturated heterocycles. The van der Waals surface area contributed by atoms with Gasteiger partial charge >= 0.3 is 0 Å². The zero-order valence-electron chi connectivity index (χ0n) is 8.06. The highest BCUT2D eigenvalue weighted by molar-refractivity contribution is 6.31. The Morgan fingerprint density at radius 1 is 1.47 bits per heavy atom. The van der Waals surface area contributed by atoms with Gasteiger partial charge in [-0.25, -0.2) is 0 Å². The molecule has 2 rings (SSSR count). The fourth-order valence-electron chi connectivity index (χ4n) is 1.70. The minimum Gasteiger partial charge on any atom is -0.492 e. The van der Waals surface area contributed by atoms with Gasteiger partial charge in [0.1, 0.15) is 5.75 Å². The summed E-state index contributed by atoms with van der Waals surface area (Å²) < 4.78 is 5.43. The quantitative estimate of drug-likeness (QED) is 0.604. The summed E-state index contributed by atoms with van der Waals surface area (Å²) in [4.78, 5) is 11.7. The molecule has 1 heterocycles. The van der Waals surface area contributed by atoms with Gasteiger partial charge in [0.15, 0.2) is 5.78 Å². The van der Waals surface area contributed by atoms with Crippen LogP contribution in [0.4, 0.5) is 0 Å². The zero-order chi connectivity index (χ0) is 10.8. The summed E-state index contributed by atoms with van der Waals surface area (Å²) in [5, 5.41) is 0.581. The van der Waals surface area contributed by atoms with E-state index in [9.17, 15) is 4.79 Å². The number of hydrogen-bond acceptors (Lipinski definition) is 2. The highest BCUT2D eigenvalue weighted by Gasteiger charge is 2.21. The van der Waals surface area contributed by atoms with E-state index in [4.69, 9.17) is 27.9 Å². The molecule has 0 amide bonds. The molecule has 0 fully saturated rings. The second-order valence-corrected chi connectivity index (χ2v) is 4.22. The van der Waals surface area contributed by atoms with Crippen molar-refractivity contribution in [3.63, 3.8) is 0 Å².